The molecule has 5 nitrogen and oxygen atoms in total. The summed E-state index contributed by atoms with van der Waals surface area (Å²) >= 11 is 1.58. The lowest BCUT2D eigenvalue weighted by atomic mass is 9.84. The molecule has 2 aliphatic rings. The molecule has 4 rings (SSSR count). The first-order chi connectivity index (χ1) is 11.6. The highest BCUT2D eigenvalue weighted by atomic mass is 35.5. The monoisotopic (exact) mass is 378 g/mol. The van der Waals surface area contributed by atoms with E-state index in [-0.39, 0.29) is 30.3 Å². The van der Waals surface area contributed by atoms with E-state index in [0.717, 1.165) is 35.0 Å². The van der Waals surface area contributed by atoms with Crippen LogP contribution in [-0.2, 0) is 4.79 Å². The Morgan fingerprint density at radius 2 is 1.88 bits per heavy atom. The normalized spacial score (nSPS) is 27.0. The Bertz CT molecular complexity index is 746. The Balaban J connectivity index is 0.00000182. The lowest BCUT2D eigenvalue weighted by Gasteiger charge is -2.27. The van der Waals surface area contributed by atoms with Gasteiger partial charge in [0.2, 0.25) is 5.91 Å². The average Bonchev–Trinajstić information content (AvgIpc) is 3.25. The SMILES string of the molecule is Cc1csc(Nc2ccc(NC(=O)C3C4CCC(C4)C3N)cc2)n1.Cl. The summed E-state index contributed by atoms with van der Waals surface area (Å²) in [5.74, 6) is 1.06. The van der Waals surface area contributed by atoms with Gasteiger partial charge in [-0.3, -0.25) is 4.79 Å². The van der Waals surface area contributed by atoms with Crippen molar-refractivity contribution >= 4 is 46.2 Å². The summed E-state index contributed by atoms with van der Waals surface area (Å²) in [6.45, 7) is 1.97. The molecule has 4 atom stereocenters. The third kappa shape index (κ3) is 3.66. The summed E-state index contributed by atoms with van der Waals surface area (Å²) < 4.78 is 0. The highest BCUT2D eigenvalue weighted by Gasteiger charge is 2.49. The van der Waals surface area contributed by atoms with Crippen molar-refractivity contribution in [3.05, 3.63) is 35.3 Å². The van der Waals surface area contributed by atoms with Gasteiger partial charge >= 0.3 is 0 Å². The van der Waals surface area contributed by atoms with Crippen LogP contribution in [0.25, 0.3) is 0 Å². The van der Waals surface area contributed by atoms with E-state index in [9.17, 15) is 4.79 Å². The summed E-state index contributed by atoms with van der Waals surface area (Å²) in [5.41, 5.74) is 9.04. The van der Waals surface area contributed by atoms with Gasteiger partial charge in [-0.25, -0.2) is 4.98 Å². The number of hydrogen-bond donors (Lipinski definition) is 3. The van der Waals surface area contributed by atoms with Gasteiger partial charge in [0.05, 0.1) is 11.6 Å². The summed E-state index contributed by atoms with van der Waals surface area (Å²) in [5, 5.41) is 9.18. The predicted octanol–water partition coefficient (Wildman–Crippen LogP) is 3.93. The molecule has 2 aliphatic carbocycles. The van der Waals surface area contributed by atoms with E-state index in [1.807, 2.05) is 36.6 Å². The van der Waals surface area contributed by atoms with Crippen molar-refractivity contribution in [2.75, 3.05) is 10.6 Å². The molecule has 134 valence electrons. The van der Waals surface area contributed by atoms with Crippen LogP contribution < -0.4 is 16.4 Å². The third-order valence-electron chi connectivity index (χ3n) is 5.31. The maximum atomic E-state index is 12.6. The molecular formula is C18H23ClN4OS. The minimum Gasteiger partial charge on any atom is -0.332 e. The summed E-state index contributed by atoms with van der Waals surface area (Å²) in [6, 6.07) is 7.76. The van der Waals surface area contributed by atoms with Crippen molar-refractivity contribution in [1.82, 2.24) is 4.98 Å². The van der Waals surface area contributed by atoms with Crippen LogP contribution in [0.4, 0.5) is 16.5 Å². The van der Waals surface area contributed by atoms with E-state index < -0.39 is 0 Å². The highest BCUT2D eigenvalue weighted by molar-refractivity contribution is 7.13. The van der Waals surface area contributed by atoms with E-state index in [4.69, 9.17) is 5.73 Å². The predicted molar refractivity (Wildman–Crippen MR) is 105 cm³/mol. The van der Waals surface area contributed by atoms with Gasteiger partial charge in [0.1, 0.15) is 0 Å². The molecule has 1 heterocycles. The van der Waals surface area contributed by atoms with E-state index in [0.29, 0.717) is 11.8 Å². The summed E-state index contributed by atoms with van der Waals surface area (Å²) in [6.07, 6.45) is 3.45. The fraction of sp³-hybridized carbons (Fsp3) is 0.444. The standard InChI is InChI=1S/C18H22N4OS.ClH/c1-10-9-24-18(20-10)22-14-6-4-13(5-7-14)21-17(23)15-11-2-3-12(8-11)16(15)19;/h4-7,9,11-12,15-16H,2-3,8,19H2,1H3,(H,20,22)(H,21,23);1H. The number of nitrogens with one attached hydrogen (secondary N) is 2. The molecule has 0 radical (unpaired) electrons. The van der Waals surface area contributed by atoms with Crippen molar-refractivity contribution in [3.63, 3.8) is 0 Å². The van der Waals surface area contributed by atoms with Crippen LogP contribution >= 0.6 is 23.7 Å². The van der Waals surface area contributed by atoms with E-state index in [2.05, 4.69) is 15.6 Å². The molecule has 2 bridgehead atoms. The fourth-order valence-electron chi connectivity index (χ4n) is 4.12. The Hall–Kier alpha value is -1.63. The molecule has 0 aliphatic heterocycles. The number of thiazole rings is 1. The van der Waals surface area contributed by atoms with Gasteiger partial charge in [-0.1, -0.05) is 0 Å². The van der Waals surface area contributed by atoms with Gasteiger partial charge < -0.3 is 16.4 Å². The van der Waals surface area contributed by atoms with Crippen LogP contribution in [-0.4, -0.2) is 16.9 Å². The number of nitrogens with zero attached hydrogens (tertiary/aromatic N) is 1. The zero-order valence-corrected chi connectivity index (χ0v) is 15.7. The zero-order valence-electron chi connectivity index (χ0n) is 14.1. The minimum atomic E-state index is -0.0279. The molecule has 2 fully saturated rings. The minimum absolute atomic E-state index is 0. The van der Waals surface area contributed by atoms with Crippen LogP contribution in [0.1, 0.15) is 25.0 Å². The molecule has 2 saturated carbocycles. The van der Waals surface area contributed by atoms with Gasteiger partial charge in [-0.05, 0) is 62.3 Å². The van der Waals surface area contributed by atoms with E-state index >= 15 is 0 Å². The van der Waals surface area contributed by atoms with Gasteiger partial charge in [0.15, 0.2) is 5.13 Å². The van der Waals surface area contributed by atoms with Crippen molar-refractivity contribution in [3.8, 4) is 0 Å². The second kappa shape index (κ2) is 7.32. The Morgan fingerprint density at radius 1 is 1.20 bits per heavy atom. The van der Waals surface area contributed by atoms with Crippen molar-refractivity contribution in [2.45, 2.75) is 32.2 Å². The van der Waals surface area contributed by atoms with Gasteiger partial charge in [-0.2, -0.15) is 0 Å². The van der Waals surface area contributed by atoms with Crippen molar-refractivity contribution in [1.29, 1.82) is 0 Å². The number of hydrogen-bond acceptors (Lipinski definition) is 5. The summed E-state index contributed by atoms with van der Waals surface area (Å²) in [7, 11) is 0. The molecule has 0 spiro atoms. The molecule has 1 aromatic heterocycles. The van der Waals surface area contributed by atoms with Gasteiger partial charge in [0.25, 0.3) is 0 Å². The van der Waals surface area contributed by atoms with Crippen LogP contribution in [0, 0.1) is 24.7 Å². The number of aromatic nitrogens is 1. The third-order valence-corrected chi connectivity index (χ3v) is 6.18. The number of anilines is 3. The second-order valence-corrected chi connectivity index (χ2v) is 7.78. The molecule has 0 saturated heterocycles. The van der Waals surface area contributed by atoms with Crippen molar-refractivity contribution in [2.24, 2.45) is 23.5 Å². The highest BCUT2D eigenvalue weighted by Crippen LogP contribution is 2.47. The van der Waals surface area contributed by atoms with Crippen LogP contribution in [0.15, 0.2) is 29.6 Å². The lowest BCUT2D eigenvalue weighted by molar-refractivity contribution is -0.121. The van der Waals surface area contributed by atoms with Gasteiger partial charge in [-0.15, -0.1) is 23.7 Å². The van der Waals surface area contributed by atoms with E-state index in [1.165, 1.54) is 6.42 Å². The van der Waals surface area contributed by atoms with E-state index in [1.54, 1.807) is 11.3 Å². The largest absolute Gasteiger partial charge is 0.332 e. The number of nitrogens with two attached hydrogens (primary N) is 1. The Morgan fingerprint density at radius 3 is 2.48 bits per heavy atom. The Kier molecular flexibility index (Phi) is 5.32. The second-order valence-electron chi connectivity index (χ2n) is 6.92. The number of rotatable bonds is 4. The van der Waals surface area contributed by atoms with Crippen molar-refractivity contribution < 1.29 is 4.79 Å². The molecule has 1 amide bonds. The van der Waals surface area contributed by atoms with Gasteiger partial charge in [0, 0.05) is 22.8 Å². The molecular weight excluding hydrogens is 356 g/mol. The number of carbonyl (C=O) groups excluding carboxylic acids is 1. The Labute approximate surface area is 157 Å². The first-order valence-corrected chi connectivity index (χ1v) is 9.34. The number of benzene rings is 1. The number of carbonyl (C=O) groups is 1. The average molecular weight is 379 g/mol. The van der Waals surface area contributed by atoms with Crippen LogP contribution in [0.3, 0.4) is 0 Å². The number of amides is 1. The molecule has 4 unspecified atom stereocenters. The molecule has 1 aromatic carbocycles. The zero-order chi connectivity index (χ0) is 16.7. The molecule has 2 aromatic rings. The number of halogens is 1. The summed E-state index contributed by atoms with van der Waals surface area (Å²) in [4.78, 5) is 17.0. The number of fused-ring (bicyclic) bond motifs is 2. The van der Waals surface area contributed by atoms with Crippen LogP contribution in [0.2, 0.25) is 0 Å². The first kappa shape index (κ1) is 18.2. The lowest BCUT2D eigenvalue weighted by Crippen LogP contribution is -2.42. The first-order valence-electron chi connectivity index (χ1n) is 8.46. The fourth-order valence-corrected chi connectivity index (χ4v) is 4.83. The smallest absolute Gasteiger partial charge is 0.229 e. The quantitative estimate of drug-likeness (QED) is 0.753. The number of aryl methyl sites for hydroxylation is 1. The molecule has 7 heteroatoms. The topological polar surface area (TPSA) is 80.0 Å². The molecule has 4 N–H and O–H groups in total. The molecule has 25 heavy (non-hydrogen) atoms. The van der Waals surface area contributed by atoms with Crippen LogP contribution in [0.5, 0.6) is 0 Å². The maximum absolute atomic E-state index is 12.6. The maximum Gasteiger partial charge on any atom is 0.229 e.